The van der Waals surface area contributed by atoms with Crippen molar-refractivity contribution in [1.82, 2.24) is 40.6 Å². The van der Waals surface area contributed by atoms with E-state index in [1.54, 1.807) is 66.5 Å². The first kappa shape index (κ1) is 56.5. The highest BCUT2D eigenvalue weighted by Crippen LogP contribution is 2.27. The number of carbonyl (C=O) groups is 5. The predicted octanol–water partition coefficient (Wildman–Crippen LogP) is 7.03. The first-order valence-corrected chi connectivity index (χ1v) is 25.1. The van der Waals surface area contributed by atoms with E-state index in [4.69, 9.17) is 9.47 Å². The number of aldehydes is 4. The zero-order valence-electron chi connectivity index (χ0n) is 41.0. The molecule has 70 heavy (non-hydrogen) atoms. The third kappa shape index (κ3) is 19.7. The summed E-state index contributed by atoms with van der Waals surface area (Å²) in [5.41, 5.74) is 3.34. The van der Waals surface area contributed by atoms with Gasteiger partial charge in [-0.2, -0.15) is 0 Å². The molecule has 3 unspecified atom stereocenters. The van der Waals surface area contributed by atoms with Gasteiger partial charge < -0.3 is 39.8 Å². The normalized spacial score (nSPS) is 14.3. The molecule has 2 aromatic heterocycles. The Morgan fingerprint density at radius 1 is 0.829 bits per heavy atom. The van der Waals surface area contributed by atoms with Crippen molar-refractivity contribution in [2.24, 2.45) is 5.92 Å². The lowest BCUT2D eigenvalue weighted by atomic mass is 10.1. The van der Waals surface area contributed by atoms with Crippen molar-refractivity contribution in [3.05, 3.63) is 137 Å². The SMILES string of the molecule is CN1CCCC1C(=O)N[C@H](C=O)Cc1csc2ccccc12.CNC(C=O)CC(C)C.CNC(C=O)Cc1ccc(OCCn2cc(COc3ccccc3C=O)nn2)cc1.CNSc1ccccc1. The van der Waals surface area contributed by atoms with E-state index >= 15 is 0 Å². The van der Waals surface area contributed by atoms with Crippen molar-refractivity contribution in [2.75, 3.05) is 41.3 Å². The lowest BCUT2D eigenvalue weighted by molar-refractivity contribution is -0.127. The van der Waals surface area contributed by atoms with Gasteiger partial charge in [0.2, 0.25) is 5.91 Å². The van der Waals surface area contributed by atoms with Crippen molar-refractivity contribution >= 4 is 64.4 Å². The number of thiophene rings is 1. The number of hydrogen-bond acceptors (Lipinski definition) is 15. The Morgan fingerprint density at radius 2 is 1.51 bits per heavy atom. The van der Waals surface area contributed by atoms with Crippen LogP contribution in [0.2, 0.25) is 0 Å². The van der Waals surface area contributed by atoms with Crippen molar-refractivity contribution in [2.45, 2.75) is 88.2 Å². The molecular formula is C53H68N8O7S2. The van der Waals surface area contributed by atoms with E-state index in [2.05, 4.69) is 79.4 Å². The number of ether oxygens (including phenoxy) is 2. The summed E-state index contributed by atoms with van der Waals surface area (Å²) >= 11 is 3.30. The van der Waals surface area contributed by atoms with Gasteiger partial charge in [0.05, 0.1) is 42.5 Å². The molecule has 0 aliphatic carbocycles. The maximum Gasteiger partial charge on any atom is 0.237 e. The number of likely N-dealkylation sites (tertiary alicyclic amines) is 1. The first-order chi connectivity index (χ1) is 34.0. The highest BCUT2D eigenvalue weighted by Gasteiger charge is 2.29. The number of nitrogens with zero attached hydrogens (tertiary/aromatic N) is 4. The van der Waals surface area contributed by atoms with Gasteiger partial charge in [0.1, 0.15) is 49.3 Å². The summed E-state index contributed by atoms with van der Waals surface area (Å²) in [4.78, 5) is 59.1. The lowest BCUT2D eigenvalue weighted by Crippen LogP contribution is -2.47. The van der Waals surface area contributed by atoms with Crippen LogP contribution in [-0.4, -0.2) is 116 Å². The standard InChI is InChI=1S/C22H24N4O4.C17H20N2O2S.C7H15NO.C7H9NS/c1-23-19(15-28)12-17-6-8-21(9-7-17)29-11-10-26-13-20(24-25-26)16-30-22-5-3-2-4-18(22)14-27;1-19-8-4-6-15(19)17(21)18-13(10-20)9-12-11-22-16-7-3-2-5-14(12)16;1-6(2)4-7(5-9)8-3;1-8-9-7-5-3-2-4-6-7/h2-9,13-15,19,23H,10-12,16H2,1H3;2-3,5,7,10-11,13,15H,4,6,8-9H2,1H3,(H,18,21);5-8H,4H2,1-3H3;2-6,8H,1H3/t;13-,15?;;/m.0../s1. The predicted molar refractivity (Wildman–Crippen MR) is 280 cm³/mol. The average Bonchev–Trinajstić information content (AvgIpc) is 4.15. The molecule has 4 N–H and O–H groups in total. The molecule has 1 saturated heterocycles. The Kier molecular flexibility index (Phi) is 25.8. The summed E-state index contributed by atoms with van der Waals surface area (Å²) in [5.74, 6) is 1.83. The minimum Gasteiger partial charge on any atom is -0.492 e. The van der Waals surface area contributed by atoms with Gasteiger partial charge in [0.15, 0.2) is 6.29 Å². The number of likely N-dealkylation sites (N-methyl/N-ethyl adjacent to an activating group) is 3. The number of para-hydroxylation sites is 1. The highest BCUT2D eigenvalue weighted by molar-refractivity contribution is 7.97. The summed E-state index contributed by atoms with van der Waals surface area (Å²) in [5, 5.41) is 20.2. The van der Waals surface area contributed by atoms with Gasteiger partial charge in [-0.25, -0.2) is 4.68 Å². The van der Waals surface area contributed by atoms with Gasteiger partial charge in [0, 0.05) is 16.0 Å². The summed E-state index contributed by atoms with van der Waals surface area (Å²) in [6, 6.07) is 32.4. The van der Waals surface area contributed by atoms with E-state index in [9.17, 15) is 24.0 Å². The van der Waals surface area contributed by atoms with E-state index in [0.29, 0.717) is 48.9 Å². The van der Waals surface area contributed by atoms with Crippen LogP contribution in [0.3, 0.4) is 0 Å². The smallest absolute Gasteiger partial charge is 0.237 e. The Morgan fingerprint density at radius 3 is 2.14 bits per heavy atom. The molecule has 3 heterocycles. The van der Waals surface area contributed by atoms with E-state index < -0.39 is 6.04 Å². The number of carbonyl (C=O) groups excluding carboxylic acids is 5. The fourth-order valence-corrected chi connectivity index (χ4v) is 8.77. The van der Waals surface area contributed by atoms with Crippen LogP contribution in [0.1, 0.15) is 60.3 Å². The number of rotatable bonds is 23. The third-order valence-corrected chi connectivity index (χ3v) is 12.8. The van der Waals surface area contributed by atoms with Gasteiger partial charge in [-0.05, 0) is 143 Å². The molecule has 6 aromatic rings. The lowest BCUT2D eigenvalue weighted by Gasteiger charge is -2.21. The molecule has 374 valence electrons. The zero-order chi connectivity index (χ0) is 50.5. The van der Waals surface area contributed by atoms with Gasteiger partial charge in [-0.3, -0.25) is 19.2 Å². The first-order valence-electron chi connectivity index (χ1n) is 23.4. The van der Waals surface area contributed by atoms with E-state index in [1.165, 1.54) is 15.0 Å². The van der Waals surface area contributed by atoms with Crippen molar-refractivity contribution in [3.63, 3.8) is 0 Å². The fraction of sp³-hybridized carbons (Fsp3) is 0.377. The Bertz CT molecular complexity index is 2450. The molecule has 0 saturated carbocycles. The third-order valence-electron chi connectivity index (χ3n) is 11.1. The topological polar surface area (TPSA) is 186 Å². The minimum absolute atomic E-state index is 0.0309. The molecule has 4 atom stereocenters. The molecular weight excluding hydrogens is 925 g/mol. The van der Waals surface area contributed by atoms with Crippen LogP contribution in [0, 0.1) is 5.92 Å². The molecule has 0 bridgehead atoms. The summed E-state index contributed by atoms with van der Waals surface area (Å²) in [7, 11) is 7.45. The molecule has 17 heteroatoms. The van der Waals surface area contributed by atoms with Crippen molar-refractivity contribution < 1.29 is 33.4 Å². The van der Waals surface area contributed by atoms with Gasteiger partial charge in [-0.1, -0.05) is 79.7 Å². The van der Waals surface area contributed by atoms with Crippen LogP contribution >= 0.6 is 23.3 Å². The summed E-state index contributed by atoms with van der Waals surface area (Å²) < 4.78 is 17.3. The highest BCUT2D eigenvalue weighted by atomic mass is 32.2. The fourth-order valence-electron chi connectivity index (χ4n) is 7.26. The molecule has 1 aliphatic heterocycles. The molecule has 15 nitrogen and oxygen atoms in total. The molecule has 1 amide bonds. The van der Waals surface area contributed by atoms with Crippen molar-refractivity contribution in [3.8, 4) is 11.5 Å². The van der Waals surface area contributed by atoms with Gasteiger partial charge in [-0.15, -0.1) is 16.4 Å². The maximum atomic E-state index is 12.3. The number of nitrogens with one attached hydrogen (secondary N) is 4. The van der Waals surface area contributed by atoms with Gasteiger partial charge >= 0.3 is 0 Å². The maximum absolute atomic E-state index is 12.3. The number of amides is 1. The van der Waals surface area contributed by atoms with Gasteiger partial charge in [0.25, 0.3) is 0 Å². The average molecular weight is 993 g/mol. The molecule has 0 radical (unpaired) electrons. The van der Waals surface area contributed by atoms with Crippen LogP contribution in [-0.2, 0) is 45.2 Å². The minimum atomic E-state index is -0.459. The second-order valence-corrected chi connectivity index (χ2v) is 18.8. The number of aromatic nitrogens is 3. The Labute approximate surface area is 420 Å². The molecule has 4 aromatic carbocycles. The van der Waals surface area contributed by atoms with Crippen LogP contribution < -0.4 is 30.1 Å². The molecule has 1 fully saturated rings. The summed E-state index contributed by atoms with van der Waals surface area (Å²) in [6.45, 7) is 6.35. The number of fused-ring (bicyclic) bond motifs is 1. The van der Waals surface area contributed by atoms with Crippen LogP contribution in [0.25, 0.3) is 10.1 Å². The van der Waals surface area contributed by atoms with Crippen LogP contribution in [0.5, 0.6) is 11.5 Å². The molecule has 7 rings (SSSR count). The molecule has 0 spiro atoms. The van der Waals surface area contributed by atoms with E-state index in [0.717, 1.165) is 67.8 Å². The molecule has 1 aliphatic rings. The Balaban J connectivity index is 0.000000230. The van der Waals surface area contributed by atoms with Crippen LogP contribution in [0.15, 0.2) is 120 Å². The van der Waals surface area contributed by atoms with E-state index in [-0.39, 0.29) is 30.6 Å². The van der Waals surface area contributed by atoms with Crippen molar-refractivity contribution in [1.29, 1.82) is 0 Å². The summed E-state index contributed by atoms with van der Waals surface area (Å²) in [6.07, 6.45) is 9.29. The zero-order valence-corrected chi connectivity index (χ0v) is 42.6. The Hall–Kier alpha value is -6.08. The number of hydrogen-bond donors (Lipinski definition) is 4. The second kappa shape index (κ2) is 31.9. The largest absolute Gasteiger partial charge is 0.492 e. The quantitative estimate of drug-likeness (QED) is 0.0379. The monoisotopic (exact) mass is 992 g/mol. The second-order valence-electron chi connectivity index (χ2n) is 16.8. The van der Waals surface area contributed by atoms with E-state index in [1.807, 2.05) is 74.8 Å². The van der Waals surface area contributed by atoms with Crippen LogP contribution in [0.4, 0.5) is 0 Å². The number of benzene rings is 4.